The van der Waals surface area contributed by atoms with E-state index in [-0.39, 0.29) is 0 Å². The Bertz CT molecular complexity index is 546. The molecule has 1 aliphatic carbocycles. The standard InChI is InChI=1S/C16H19NO/c18-10-9-16(7-8-16)12-17-15-6-5-13-3-1-2-4-14(13)11-15/h1-6,11,17-18H,7-10,12H2. The van der Waals surface area contributed by atoms with E-state index in [1.54, 1.807) is 0 Å². The Labute approximate surface area is 108 Å². The summed E-state index contributed by atoms with van der Waals surface area (Å²) in [6.45, 7) is 1.28. The monoisotopic (exact) mass is 241 g/mol. The molecular weight excluding hydrogens is 222 g/mol. The van der Waals surface area contributed by atoms with Gasteiger partial charge in [-0.1, -0.05) is 30.3 Å². The minimum absolute atomic E-state index is 0.305. The minimum atomic E-state index is 0.305. The molecule has 2 N–H and O–H groups in total. The maximum atomic E-state index is 9.05. The summed E-state index contributed by atoms with van der Waals surface area (Å²) in [5.41, 5.74) is 1.54. The summed E-state index contributed by atoms with van der Waals surface area (Å²) in [7, 11) is 0. The SMILES string of the molecule is OCCC1(CNc2ccc3ccccc3c2)CC1. The first-order valence-corrected chi connectivity index (χ1v) is 6.65. The zero-order valence-electron chi connectivity index (χ0n) is 10.5. The average Bonchev–Trinajstić information content (AvgIpc) is 3.17. The van der Waals surface area contributed by atoms with Crippen LogP contribution in [-0.2, 0) is 0 Å². The summed E-state index contributed by atoms with van der Waals surface area (Å²) < 4.78 is 0. The molecule has 2 aromatic carbocycles. The summed E-state index contributed by atoms with van der Waals surface area (Å²) >= 11 is 0. The first-order chi connectivity index (χ1) is 8.81. The van der Waals surface area contributed by atoms with Gasteiger partial charge in [-0.05, 0) is 47.6 Å². The molecule has 2 heteroatoms. The molecule has 0 aliphatic heterocycles. The van der Waals surface area contributed by atoms with Gasteiger partial charge >= 0.3 is 0 Å². The molecule has 1 saturated carbocycles. The van der Waals surface area contributed by atoms with Crippen molar-refractivity contribution >= 4 is 16.5 Å². The Balaban J connectivity index is 1.71. The smallest absolute Gasteiger partial charge is 0.0436 e. The highest BCUT2D eigenvalue weighted by atomic mass is 16.3. The van der Waals surface area contributed by atoms with Crippen molar-refractivity contribution in [2.24, 2.45) is 5.41 Å². The second-order valence-electron chi connectivity index (χ2n) is 5.39. The molecule has 0 saturated heterocycles. The largest absolute Gasteiger partial charge is 0.396 e. The molecule has 1 fully saturated rings. The van der Waals surface area contributed by atoms with Gasteiger partial charge in [-0.25, -0.2) is 0 Å². The lowest BCUT2D eigenvalue weighted by atomic mass is 10.0. The van der Waals surface area contributed by atoms with Crippen molar-refractivity contribution < 1.29 is 5.11 Å². The summed E-state index contributed by atoms with van der Waals surface area (Å²) in [4.78, 5) is 0. The lowest BCUT2D eigenvalue weighted by molar-refractivity contribution is 0.253. The van der Waals surface area contributed by atoms with Crippen LogP contribution in [0.1, 0.15) is 19.3 Å². The van der Waals surface area contributed by atoms with Crippen LogP contribution in [0.5, 0.6) is 0 Å². The van der Waals surface area contributed by atoms with E-state index in [2.05, 4.69) is 47.8 Å². The fourth-order valence-corrected chi connectivity index (χ4v) is 2.52. The van der Waals surface area contributed by atoms with Gasteiger partial charge < -0.3 is 10.4 Å². The Morgan fingerprint density at radius 1 is 1.06 bits per heavy atom. The van der Waals surface area contributed by atoms with Gasteiger partial charge in [-0.15, -0.1) is 0 Å². The first-order valence-electron chi connectivity index (χ1n) is 6.65. The zero-order valence-corrected chi connectivity index (χ0v) is 10.5. The zero-order chi connectivity index (χ0) is 12.4. The molecule has 0 heterocycles. The number of hydrogen-bond acceptors (Lipinski definition) is 2. The molecule has 0 radical (unpaired) electrons. The molecule has 94 valence electrons. The van der Waals surface area contributed by atoms with Crippen LogP contribution in [0.2, 0.25) is 0 Å². The Morgan fingerprint density at radius 2 is 1.83 bits per heavy atom. The number of aliphatic hydroxyl groups is 1. The molecule has 3 rings (SSSR count). The van der Waals surface area contributed by atoms with Crippen molar-refractivity contribution in [1.29, 1.82) is 0 Å². The van der Waals surface area contributed by atoms with E-state index in [4.69, 9.17) is 5.11 Å². The first kappa shape index (κ1) is 11.5. The third-order valence-electron chi connectivity index (χ3n) is 4.02. The maximum absolute atomic E-state index is 9.05. The third kappa shape index (κ3) is 2.34. The molecule has 0 unspecified atom stereocenters. The van der Waals surface area contributed by atoms with E-state index in [1.807, 2.05) is 0 Å². The topological polar surface area (TPSA) is 32.3 Å². The van der Waals surface area contributed by atoms with Crippen LogP contribution in [0, 0.1) is 5.41 Å². The van der Waals surface area contributed by atoms with Gasteiger partial charge in [0, 0.05) is 18.8 Å². The molecule has 0 bridgehead atoms. The van der Waals surface area contributed by atoms with Crippen LogP contribution in [0.3, 0.4) is 0 Å². The van der Waals surface area contributed by atoms with Crippen LogP contribution >= 0.6 is 0 Å². The van der Waals surface area contributed by atoms with Crippen molar-refractivity contribution in [2.45, 2.75) is 19.3 Å². The summed E-state index contributed by atoms with van der Waals surface area (Å²) in [5.74, 6) is 0. The van der Waals surface area contributed by atoms with E-state index < -0.39 is 0 Å². The normalized spacial score (nSPS) is 16.7. The van der Waals surface area contributed by atoms with E-state index in [9.17, 15) is 0 Å². The van der Waals surface area contributed by atoms with Crippen LogP contribution in [0.4, 0.5) is 5.69 Å². The van der Waals surface area contributed by atoms with Gasteiger partial charge in [0.05, 0.1) is 0 Å². The second-order valence-corrected chi connectivity index (χ2v) is 5.39. The number of fused-ring (bicyclic) bond motifs is 1. The summed E-state index contributed by atoms with van der Waals surface area (Å²) in [6, 6.07) is 14.9. The molecule has 18 heavy (non-hydrogen) atoms. The van der Waals surface area contributed by atoms with Gasteiger partial charge in [0.15, 0.2) is 0 Å². The highest BCUT2D eigenvalue weighted by Gasteiger charge is 2.41. The number of rotatable bonds is 5. The van der Waals surface area contributed by atoms with Gasteiger partial charge in [0.2, 0.25) is 0 Å². The van der Waals surface area contributed by atoms with Crippen LogP contribution < -0.4 is 5.32 Å². The third-order valence-corrected chi connectivity index (χ3v) is 4.02. The highest BCUT2D eigenvalue weighted by molar-refractivity contribution is 5.85. The van der Waals surface area contributed by atoms with Crippen molar-refractivity contribution in [1.82, 2.24) is 0 Å². The molecular formula is C16H19NO. The van der Waals surface area contributed by atoms with Gasteiger partial charge in [0.25, 0.3) is 0 Å². The van der Waals surface area contributed by atoms with Gasteiger partial charge in [0.1, 0.15) is 0 Å². The number of nitrogens with one attached hydrogen (secondary N) is 1. The van der Waals surface area contributed by atoms with Crippen LogP contribution in [-0.4, -0.2) is 18.3 Å². The Morgan fingerprint density at radius 3 is 2.56 bits per heavy atom. The van der Waals surface area contributed by atoms with Crippen molar-refractivity contribution in [3.05, 3.63) is 42.5 Å². The Hall–Kier alpha value is -1.54. The van der Waals surface area contributed by atoms with Gasteiger partial charge in [-0.3, -0.25) is 0 Å². The minimum Gasteiger partial charge on any atom is -0.396 e. The van der Waals surface area contributed by atoms with Crippen LogP contribution in [0.15, 0.2) is 42.5 Å². The number of anilines is 1. The van der Waals surface area contributed by atoms with Crippen molar-refractivity contribution in [3.63, 3.8) is 0 Å². The molecule has 0 spiro atoms. The summed E-state index contributed by atoms with van der Waals surface area (Å²) in [6.07, 6.45) is 3.41. The maximum Gasteiger partial charge on any atom is 0.0436 e. The average molecular weight is 241 g/mol. The van der Waals surface area contributed by atoms with Gasteiger partial charge in [-0.2, -0.15) is 0 Å². The van der Waals surface area contributed by atoms with Crippen molar-refractivity contribution in [2.75, 3.05) is 18.5 Å². The fraction of sp³-hybridized carbons (Fsp3) is 0.375. The predicted molar refractivity (Wildman–Crippen MR) is 75.8 cm³/mol. The second kappa shape index (κ2) is 4.62. The highest BCUT2D eigenvalue weighted by Crippen LogP contribution is 2.48. The lowest BCUT2D eigenvalue weighted by Gasteiger charge is -2.15. The number of benzene rings is 2. The van der Waals surface area contributed by atoms with E-state index >= 15 is 0 Å². The molecule has 2 aromatic rings. The quantitative estimate of drug-likeness (QED) is 0.840. The number of aliphatic hydroxyl groups excluding tert-OH is 1. The molecule has 0 amide bonds. The van der Waals surface area contributed by atoms with E-state index in [1.165, 1.54) is 29.3 Å². The lowest BCUT2D eigenvalue weighted by Crippen LogP contribution is -2.16. The van der Waals surface area contributed by atoms with Crippen LogP contribution in [0.25, 0.3) is 10.8 Å². The predicted octanol–water partition coefficient (Wildman–Crippen LogP) is 3.41. The van der Waals surface area contributed by atoms with Crippen molar-refractivity contribution in [3.8, 4) is 0 Å². The summed E-state index contributed by atoms with van der Waals surface area (Å²) in [5, 5.41) is 15.1. The fourth-order valence-electron chi connectivity index (χ4n) is 2.52. The number of hydrogen-bond donors (Lipinski definition) is 2. The molecule has 0 aromatic heterocycles. The molecule has 2 nitrogen and oxygen atoms in total. The Kier molecular flexibility index (Phi) is 2.96. The molecule has 0 atom stereocenters. The van der Waals surface area contributed by atoms with E-state index in [0.29, 0.717) is 12.0 Å². The molecule has 1 aliphatic rings. The van der Waals surface area contributed by atoms with E-state index in [0.717, 1.165) is 13.0 Å².